The second kappa shape index (κ2) is 25.1. The van der Waals surface area contributed by atoms with Crippen molar-refractivity contribution in [2.45, 2.75) is 180 Å². The summed E-state index contributed by atoms with van der Waals surface area (Å²) in [7, 11) is 4.43. The lowest BCUT2D eigenvalue weighted by atomic mass is 9.78. The number of ether oxygens (including phenoxy) is 5. The first kappa shape index (κ1) is 54.2. The van der Waals surface area contributed by atoms with Crippen LogP contribution in [0.25, 0.3) is 0 Å². The number of alkyl halides is 1. The van der Waals surface area contributed by atoms with E-state index < -0.39 is 83.9 Å². The van der Waals surface area contributed by atoms with Crippen LogP contribution in [0.1, 0.15) is 126 Å². The SMILES string of the molecule is CO[C@H]1C[C@@H]2CC[C@@H](C)[C@@](O)(O2)C(=O)C(=O)N2CCCC[C@H]2C(=O)OC([C@H](C)C[C@@H]2CC[C@@H](O)[C@H](OC)C2)CC(=O)C(C)=CC(C)C(F)[C@@H](OC)C(=O)[C@H](C)C[C@H](C)C=CC=CC=C1C. The Labute approximate surface area is 386 Å². The number of carbonyl (C=O) groups excluding carboxylic acids is 5. The van der Waals surface area contributed by atoms with Crippen LogP contribution in [0.5, 0.6) is 0 Å². The molecule has 14 heteroatoms. The molecular weight excluding hydrogens is 838 g/mol. The molecule has 13 nitrogen and oxygen atoms in total. The van der Waals surface area contributed by atoms with Crippen LogP contribution in [0.15, 0.2) is 47.6 Å². The average Bonchev–Trinajstić information content (AvgIpc) is 3.28. The molecule has 366 valence electrons. The second-order valence-corrected chi connectivity index (χ2v) is 19.6. The largest absolute Gasteiger partial charge is 0.460 e. The number of Topliss-reactive ketones (excluding diaryl/α,β-unsaturated/α-hetero) is 3. The van der Waals surface area contributed by atoms with Gasteiger partial charge in [0.25, 0.3) is 11.7 Å². The Morgan fingerprint density at radius 2 is 1.62 bits per heavy atom. The van der Waals surface area contributed by atoms with Crippen LogP contribution in [-0.4, -0.2) is 127 Å². The normalized spacial score (nSPS) is 37.8. The second-order valence-electron chi connectivity index (χ2n) is 19.6. The number of carbonyl (C=O) groups is 5. The van der Waals surface area contributed by atoms with Gasteiger partial charge < -0.3 is 38.8 Å². The van der Waals surface area contributed by atoms with E-state index in [1.54, 1.807) is 41.9 Å². The Morgan fingerprint density at radius 3 is 2.29 bits per heavy atom. The Bertz CT molecular complexity index is 1760. The van der Waals surface area contributed by atoms with E-state index >= 15 is 4.39 Å². The number of fused-ring (bicyclic) bond motifs is 3. The van der Waals surface area contributed by atoms with Crippen molar-refractivity contribution in [3.63, 3.8) is 0 Å². The fourth-order valence-corrected chi connectivity index (χ4v) is 10.1. The van der Waals surface area contributed by atoms with Crippen LogP contribution < -0.4 is 0 Å². The minimum Gasteiger partial charge on any atom is -0.460 e. The Morgan fingerprint density at radius 1 is 0.892 bits per heavy atom. The molecule has 2 N–H and O–H groups in total. The van der Waals surface area contributed by atoms with Crippen LogP contribution >= 0.6 is 0 Å². The van der Waals surface area contributed by atoms with Gasteiger partial charge in [0.1, 0.15) is 24.4 Å². The molecule has 1 amide bonds. The zero-order valence-corrected chi connectivity index (χ0v) is 40.5. The highest BCUT2D eigenvalue weighted by Gasteiger charge is 2.53. The summed E-state index contributed by atoms with van der Waals surface area (Å²) in [5.74, 6) is -8.56. The zero-order chi connectivity index (χ0) is 48.2. The van der Waals surface area contributed by atoms with E-state index in [2.05, 4.69) is 0 Å². The maximum atomic E-state index is 16.2. The van der Waals surface area contributed by atoms with Gasteiger partial charge in [0.05, 0.1) is 24.4 Å². The van der Waals surface area contributed by atoms with E-state index in [-0.39, 0.29) is 60.4 Å². The van der Waals surface area contributed by atoms with Gasteiger partial charge in [-0.25, -0.2) is 9.18 Å². The monoisotopic (exact) mass is 916 g/mol. The lowest BCUT2D eigenvalue weighted by Crippen LogP contribution is -2.61. The number of aliphatic hydroxyl groups is 2. The van der Waals surface area contributed by atoms with Gasteiger partial charge >= 0.3 is 5.97 Å². The summed E-state index contributed by atoms with van der Waals surface area (Å²) in [6.45, 7) is 12.4. The number of ketones is 3. The maximum Gasteiger partial charge on any atom is 0.329 e. The molecule has 0 aromatic carbocycles. The van der Waals surface area contributed by atoms with Crippen molar-refractivity contribution in [2.75, 3.05) is 27.9 Å². The highest BCUT2D eigenvalue weighted by Crippen LogP contribution is 2.38. The van der Waals surface area contributed by atoms with E-state index in [4.69, 9.17) is 23.7 Å². The van der Waals surface area contributed by atoms with Crippen LogP contribution in [0.4, 0.5) is 4.39 Å². The fourth-order valence-electron chi connectivity index (χ4n) is 10.1. The number of amides is 1. The molecule has 3 unspecified atom stereocenters. The molecule has 4 aliphatic rings. The number of allylic oxidation sites excluding steroid dienone is 7. The third-order valence-corrected chi connectivity index (χ3v) is 14.4. The standard InChI is InChI=1S/C51H78FNO12/c1-30-16-12-11-13-17-31(2)42(61-8)28-38-21-19-36(7)51(60,65-38)48(57)49(58)53-23-15-14-18-39(53)50(59)64-43(33(4)26-37-20-22-40(54)44(27-37)62-9)29-41(55)32(3)25-34(5)45(52)47(63-10)46(56)35(6)24-30/h11-13,16-17,25,30,33-40,42-45,47,54,60H,14-15,18-24,26-29H2,1-10H3/t30-,33-,34?,35-,36-,37+,38+,39+,40-,42+,43?,44-,45?,47-,51-/m1/s1. The molecule has 0 spiro atoms. The number of halogens is 1. The van der Waals surface area contributed by atoms with Gasteiger partial charge in [-0.05, 0) is 107 Å². The fraction of sp³-hybridized carbons (Fsp3) is 0.745. The van der Waals surface area contributed by atoms with Gasteiger partial charge in [-0.3, -0.25) is 19.2 Å². The Hall–Kier alpha value is -3.40. The molecule has 0 aromatic heterocycles. The van der Waals surface area contributed by atoms with Gasteiger partial charge in [-0.15, -0.1) is 0 Å². The number of rotatable bonds is 6. The van der Waals surface area contributed by atoms with Gasteiger partial charge in [-0.2, -0.15) is 0 Å². The van der Waals surface area contributed by atoms with Crippen LogP contribution in [0.3, 0.4) is 0 Å². The van der Waals surface area contributed by atoms with Crippen molar-refractivity contribution < 1.29 is 62.3 Å². The van der Waals surface area contributed by atoms with Gasteiger partial charge in [-0.1, -0.05) is 71.1 Å². The van der Waals surface area contributed by atoms with Gasteiger partial charge in [0.15, 0.2) is 11.6 Å². The Kier molecular flexibility index (Phi) is 20.9. The van der Waals surface area contributed by atoms with Crippen molar-refractivity contribution >= 4 is 29.2 Å². The third kappa shape index (κ3) is 14.3. The quantitative estimate of drug-likeness (QED) is 0.204. The molecule has 65 heavy (non-hydrogen) atoms. The third-order valence-electron chi connectivity index (χ3n) is 14.4. The molecule has 4 rings (SSSR count). The number of nitrogens with zero attached hydrogens (tertiary/aromatic N) is 1. The molecule has 3 fully saturated rings. The summed E-state index contributed by atoms with van der Waals surface area (Å²) in [6, 6.07) is -1.16. The first-order valence-corrected chi connectivity index (χ1v) is 23.9. The summed E-state index contributed by atoms with van der Waals surface area (Å²) < 4.78 is 45.4. The highest BCUT2D eigenvalue weighted by atomic mass is 19.1. The van der Waals surface area contributed by atoms with Crippen molar-refractivity contribution in [1.82, 2.24) is 4.90 Å². The summed E-state index contributed by atoms with van der Waals surface area (Å²) in [6.07, 6.45) is 9.99. The summed E-state index contributed by atoms with van der Waals surface area (Å²) in [4.78, 5) is 71.6. The number of hydrogen-bond acceptors (Lipinski definition) is 12. The predicted octanol–water partition coefficient (Wildman–Crippen LogP) is 7.16. The molecule has 1 saturated carbocycles. The van der Waals surface area contributed by atoms with E-state index in [9.17, 15) is 34.2 Å². The molecular formula is C51H78FNO12. The van der Waals surface area contributed by atoms with Gasteiger partial charge in [0, 0.05) is 58.5 Å². The molecule has 0 aromatic rings. The predicted molar refractivity (Wildman–Crippen MR) is 244 cm³/mol. The van der Waals surface area contributed by atoms with Gasteiger partial charge in [0.2, 0.25) is 5.79 Å². The maximum absolute atomic E-state index is 16.2. The van der Waals surface area contributed by atoms with E-state index in [1.807, 2.05) is 51.2 Å². The number of cyclic esters (lactones) is 1. The molecule has 3 heterocycles. The van der Waals surface area contributed by atoms with E-state index in [0.717, 1.165) is 5.57 Å². The minimum absolute atomic E-state index is 0.0188. The number of esters is 1. The number of aliphatic hydroxyl groups excluding tert-OH is 1. The molecule has 3 aliphatic heterocycles. The topological polar surface area (TPSA) is 175 Å². The van der Waals surface area contributed by atoms with Crippen molar-refractivity contribution in [3.8, 4) is 0 Å². The molecule has 0 radical (unpaired) electrons. The Balaban J connectivity index is 1.70. The van der Waals surface area contributed by atoms with Crippen LogP contribution in [0, 0.1) is 35.5 Å². The lowest BCUT2D eigenvalue weighted by molar-refractivity contribution is -0.265. The highest BCUT2D eigenvalue weighted by molar-refractivity contribution is 6.39. The summed E-state index contributed by atoms with van der Waals surface area (Å²) >= 11 is 0. The summed E-state index contributed by atoms with van der Waals surface area (Å²) in [5.41, 5.74) is 1.10. The number of hydrogen-bond donors (Lipinski definition) is 2. The smallest absolute Gasteiger partial charge is 0.329 e. The molecule has 2 saturated heterocycles. The average molecular weight is 916 g/mol. The summed E-state index contributed by atoms with van der Waals surface area (Å²) in [5, 5.41) is 22.4. The number of methoxy groups -OCH3 is 3. The van der Waals surface area contributed by atoms with Crippen molar-refractivity contribution in [3.05, 3.63) is 47.6 Å². The van der Waals surface area contributed by atoms with Crippen LogP contribution in [0.2, 0.25) is 0 Å². The molecule has 1 aliphatic carbocycles. The first-order valence-electron chi connectivity index (χ1n) is 23.9. The van der Waals surface area contributed by atoms with Crippen molar-refractivity contribution in [2.24, 2.45) is 35.5 Å². The van der Waals surface area contributed by atoms with Crippen molar-refractivity contribution in [1.29, 1.82) is 0 Å². The van der Waals surface area contributed by atoms with Crippen LogP contribution in [-0.2, 0) is 47.7 Å². The minimum atomic E-state index is -2.44. The molecule has 2 bridgehead atoms. The number of piperidine rings is 1. The van der Waals surface area contributed by atoms with E-state index in [1.165, 1.54) is 18.1 Å². The zero-order valence-electron chi connectivity index (χ0n) is 40.5. The lowest BCUT2D eigenvalue weighted by Gasteiger charge is -2.42. The molecule has 15 atom stereocenters. The first-order chi connectivity index (χ1) is 30.7. The van der Waals surface area contributed by atoms with E-state index in [0.29, 0.717) is 64.2 Å².